The zero-order valence-electron chi connectivity index (χ0n) is 45.4. The Morgan fingerprint density at radius 1 is 0.409 bits per heavy atom. The molecule has 0 aromatic heterocycles. The van der Waals surface area contributed by atoms with Crippen molar-refractivity contribution >= 4 is 35.6 Å². The smallest absolute Gasteiger partial charge is 0.129 e. The van der Waals surface area contributed by atoms with Crippen molar-refractivity contribution in [3.05, 3.63) is 71.8 Å². The SMILES string of the molecule is CC(C)(C)C(=N)C(C)(C)C.CCCCCCC(C)=O.CCCCCCCC=O.CCCCCCCCCC(C)=O.CCCCCCCCCCC=O.N=C(c1ccccc1)c1ccccc1. The Kier molecular flexibility index (Phi) is 53.2. The van der Waals surface area contributed by atoms with Gasteiger partial charge in [0.05, 0.1) is 5.71 Å². The minimum absolute atomic E-state index is 0.0260. The van der Waals surface area contributed by atoms with E-state index in [1.807, 2.05) is 60.7 Å². The Morgan fingerprint density at radius 2 is 0.652 bits per heavy atom. The molecule has 6 nitrogen and oxygen atoms in total. The maximum atomic E-state index is 10.6. The molecular formula is C60H106N2O4. The molecule has 0 amide bonds. The topological polar surface area (TPSA) is 116 Å². The van der Waals surface area contributed by atoms with Crippen molar-refractivity contribution < 1.29 is 19.2 Å². The number of nitrogens with one attached hydrogen (secondary N) is 2. The number of benzene rings is 2. The molecule has 66 heavy (non-hydrogen) atoms. The third-order valence-corrected chi connectivity index (χ3v) is 10.7. The van der Waals surface area contributed by atoms with Crippen LogP contribution in [-0.2, 0) is 19.2 Å². The van der Waals surface area contributed by atoms with Gasteiger partial charge in [0.2, 0.25) is 0 Å². The van der Waals surface area contributed by atoms with Crippen molar-refractivity contribution in [1.82, 2.24) is 0 Å². The summed E-state index contributed by atoms with van der Waals surface area (Å²) in [5, 5.41) is 15.8. The third-order valence-electron chi connectivity index (χ3n) is 10.7. The molecule has 0 spiro atoms. The molecular weight excluding hydrogens is 813 g/mol. The minimum atomic E-state index is 0.0260. The number of hydrogen-bond acceptors (Lipinski definition) is 6. The van der Waals surface area contributed by atoms with Gasteiger partial charge in [-0.2, -0.15) is 0 Å². The Hall–Kier alpha value is -3.54. The number of unbranched alkanes of at least 4 members (excludes halogenated alkanes) is 22. The Balaban J connectivity index is -0.000000353. The summed E-state index contributed by atoms with van der Waals surface area (Å²) >= 11 is 0. The highest BCUT2D eigenvalue weighted by molar-refractivity contribution is 6.10. The average molecular weight is 920 g/mol. The molecule has 0 aliphatic heterocycles. The Bertz CT molecular complexity index is 1330. The van der Waals surface area contributed by atoms with Crippen LogP contribution >= 0.6 is 0 Å². The molecule has 0 heterocycles. The van der Waals surface area contributed by atoms with Crippen LogP contribution in [0.25, 0.3) is 0 Å². The van der Waals surface area contributed by atoms with Gasteiger partial charge in [-0.1, -0.05) is 258 Å². The molecule has 2 rings (SSSR count). The third kappa shape index (κ3) is 54.8. The van der Waals surface area contributed by atoms with E-state index in [9.17, 15) is 19.2 Å². The zero-order valence-corrected chi connectivity index (χ0v) is 45.4. The second-order valence-electron chi connectivity index (χ2n) is 19.9. The number of aldehydes is 2. The van der Waals surface area contributed by atoms with Crippen LogP contribution in [0.15, 0.2) is 60.7 Å². The van der Waals surface area contributed by atoms with Gasteiger partial charge in [-0.05, 0) is 50.7 Å². The van der Waals surface area contributed by atoms with Gasteiger partial charge in [-0.25, -0.2) is 0 Å². The van der Waals surface area contributed by atoms with Gasteiger partial charge < -0.3 is 24.6 Å². The average Bonchev–Trinajstić information content (AvgIpc) is 3.29. The highest BCUT2D eigenvalue weighted by Crippen LogP contribution is 2.28. The van der Waals surface area contributed by atoms with Gasteiger partial charge in [0, 0.05) is 42.2 Å². The summed E-state index contributed by atoms with van der Waals surface area (Å²) < 4.78 is 0. The summed E-state index contributed by atoms with van der Waals surface area (Å²) in [6, 6.07) is 19.5. The van der Waals surface area contributed by atoms with E-state index in [1.54, 1.807) is 13.8 Å². The van der Waals surface area contributed by atoms with Gasteiger partial charge in [-0.3, -0.25) is 5.41 Å². The van der Waals surface area contributed by atoms with Crippen molar-refractivity contribution in [2.24, 2.45) is 10.8 Å². The Labute approximate surface area is 409 Å². The molecule has 0 radical (unpaired) electrons. The molecule has 0 fully saturated rings. The summed E-state index contributed by atoms with van der Waals surface area (Å²) in [5.41, 5.74) is 3.36. The summed E-state index contributed by atoms with van der Waals surface area (Å²) in [4.78, 5) is 40.8. The van der Waals surface area contributed by atoms with Crippen molar-refractivity contribution in [1.29, 1.82) is 10.8 Å². The molecule has 0 aliphatic rings. The first kappa shape index (κ1) is 69.0. The summed E-state index contributed by atoms with van der Waals surface area (Å²) in [5.74, 6) is 0.662. The van der Waals surface area contributed by atoms with Crippen LogP contribution in [-0.4, -0.2) is 35.6 Å². The lowest BCUT2D eigenvalue weighted by atomic mass is 9.75. The first-order valence-corrected chi connectivity index (χ1v) is 26.6. The van der Waals surface area contributed by atoms with E-state index in [0.717, 1.165) is 80.8 Å². The molecule has 0 saturated carbocycles. The number of Topliss-reactive ketones (excluding diaryl/α,β-unsaturated/α-hetero) is 2. The summed E-state index contributed by atoms with van der Waals surface area (Å²) in [6.45, 7) is 24.7. The van der Waals surface area contributed by atoms with Crippen LogP contribution < -0.4 is 0 Å². The summed E-state index contributed by atoms with van der Waals surface area (Å²) in [6.07, 6.45) is 35.7. The van der Waals surface area contributed by atoms with Gasteiger partial charge in [-0.15, -0.1) is 0 Å². The molecule has 380 valence electrons. The van der Waals surface area contributed by atoms with Gasteiger partial charge >= 0.3 is 0 Å². The zero-order chi connectivity index (χ0) is 50.7. The van der Waals surface area contributed by atoms with Crippen LogP contribution in [0, 0.1) is 21.6 Å². The van der Waals surface area contributed by atoms with Crippen molar-refractivity contribution in [2.75, 3.05) is 0 Å². The van der Waals surface area contributed by atoms with E-state index in [4.69, 9.17) is 10.8 Å². The van der Waals surface area contributed by atoms with Crippen molar-refractivity contribution in [2.45, 2.75) is 263 Å². The fourth-order valence-electron chi connectivity index (χ4n) is 6.83. The lowest BCUT2D eigenvalue weighted by Crippen LogP contribution is -2.31. The highest BCUT2D eigenvalue weighted by atomic mass is 16.1. The maximum absolute atomic E-state index is 10.6. The molecule has 0 saturated heterocycles. The van der Waals surface area contributed by atoms with E-state index in [2.05, 4.69) is 69.2 Å². The fraction of sp³-hybridized carbons (Fsp3) is 0.700. The number of carbonyl (C=O) groups excluding carboxylic acids is 4. The first-order valence-electron chi connectivity index (χ1n) is 26.6. The Morgan fingerprint density at radius 3 is 0.879 bits per heavy atom. The second kappa shape index (κ2) is 50.9. The van der Waals surface area contributed by atoms with E-state index in [-0.39, 0.29) is 10.8 Å². The van der Waals surface area contributed by atoms with Gasteiger partial charge in [0.1, 0.15) is 24.1 Å². The normalized spacial score (nSPS) is 10.4. The standard InChI is InChI=1S/C13H11N.2C11H22O.C9H19N.2C8H16O/c14-13(11-7-3-1-4-8-11)12-9-5-2-6-10-12;1-3-4-5-6-7-8-9-10-11(2)12;1-2-3-4-5-6-7-8-9-10-11-12;1-8(2,3)7(10)9(4,5)6;1-3-4-5-6-7-8(2)9;1-2-3-4-5-6-7-8-9/h1-10,14H;3-10H2,1-2H3;11H,2-10H2,1H3;10H,1-6H3;3-7H2,1-2H3;8H,2-7H2,1H3. The predicted octanol–water partition coefficient (Wildman–Crippen LogP) is 18.7. The number of carbonyl (C=O) groups is 4. The molecule has 0 bridgehead atoms. The molecule has 2 aromatic rings. The lowest BCUT2D eigenvalue weighted by Gasteiger charge is -2.30. The van der Waals surface area contributed by atoms with Crippen LogP contribution in [0.3, 0.4) is 0 Å². The van der Waals surface area contributed by atoms with E-state index < -0.39 is 0 Å². The number of hydrogen-bond donors (Lipinski definition) is 2. The fourth-order valence-corrected chi connectivity index (χ4v) is 6.83. The molecule has 0 aliphatic carbocycles. The molecule has 0 atom stereocenters. The number of rotatable bonds is 30. The lowest BCUT2D eigenvalue weighted by molar-refractivity contribution is -0.117. The minimum Gasteiger partial charge on any atom is -0.309 e. The quantitative estimate of drug-likeness (QED) is 0.0461. The van der Waals surface area contributed by atoms with Gasteiger partial charge in [0.15, 0.2) is 0 Å². The van der Waals surface area contributed by atoms with E-state index in [1.165, 1.54) is 128 Å². The maximum Gasteiger partial charge on any atom is 0.129 e. The molecule has 0 unspecified atom stereocenters. The largest absolute Gasteiger partial charge is 0.309 e. The molecule has 2 aromatic carbocycles. The van der Waals surface area contributed by atoms with E-state index in [0.29, 0.717) is 17.3 Å². The predicted molar refractivity (Wildman–Crippen MR) is 291 cm³/mol. The van der Waals surface area contributed by atoms with Crippen LogP contribution in [0.2, 0.25) is 0 Å². The van der Waals surface area contributed by atoms with Crippen LogP contribution in [0.1, 0.15) is 274 Å². The second-order valence-corrected chi connectivity index (χ2v) is 19.9. The van der Waals surface area contributed by atoms with Crippen molar-refractivity contribution in [3.63, 3.8) is 0 Å². The summed E-state index contributed by atoms with van der Waals surface area (Å²) in [7, 11) is 0. The highest BCUT2D eigenvalue weighted by Gasteiger charge is 2.27. The van der Waals surface area contributed by atoms with Crippen LogP contribution in [0.4, 0.5) is 0 Å². The first-order chi connectivity index (χ1) is 31.4. The molecule has 2 N–H and O–H groups in total. The van der Waals surface area contributed by atoms with Gasteiger partial charge in [0.25, 0.3) is 0 Å². The molecule has 6 heteroatoms. The van der Waals surface area contributed by atoms with E-state index >= 15 is 0 Å². The number of ketones is 2. The van der Waals surface area contributed by atoms with Crippen LogP contribution in [0.5, 0.6) is 0 Å². The van der Waals surface area contributed by atoms with Crippen molar-refractivity contribution in [3.8, 4) is 0 Å². The monoisotopic (exact) mass is 919 g/mol.